The maximum atomic E-state index is 12.0. The third-order valence-electron chi connectivity index (χ3n) is 4.12. The number of benzene rings is 1. The summed E-state index contributed by atoms with van der Waals surface area (Å²) in [5.41, 5.74) is 6.53. The quantitative estimate of drug-likeness (QED) is 0.404. The summed E-state index contributed by atoms with van der Waals surface area (Å²) in [4.78, 5) is 19.0. The number of pyridine rings is 1. The number of rotatable bonds is 6. The molecule has 0 unspecified atom stereocenters. The second-order valence-corrected chi connectivity index (χ2v) is 6.14. The average Bonchev–Trinajstić information content (AvgIpc) is 3.40. The highest BCUT2D eigenvalue weighted by Gasteiger charge is 2.11. The SMILES string of the molecule is O=C(N/N=C\c1cn(Cc2ccccc2)nc1-c1cccnc1)c1ccc[nH]1. The van der Waals surface area contributed by atoms with Crippen LogP contribution in [0.2, 0.25) is 0 Å². The van der Waals surface area contributed by atoms with Crippen LogP contribution in [0.4, 0.5) is 0 Å². The highest BCUT2D eigenvalue weighted by molar-refractivity contribution is 5.94. The van der Waals surface area contributed by atoms with E-state index in [0.29, 0.717) is 12.2 Å². The number of hydrogen-bond acceptors (Lipinski definition) is 4. The standard InChI is InChI=1S/C21H18N6O/c28-21(19-9-5-11-23-19)25-24-13-18-15-27(14-16-6-2-1-3-7-16)26-20(18)17-8-4-10-22-12-17/h1-13,15,23H,14H2,(H,25,28)/b24-13-. The van der Waals surface area contributed by atoms with E-state index >= 15 is 0 Å². The van der Waals surface area contributed by atoms with Crippen molar-refractivity contribution >= 4 is 12.1 Å². The minimum atomic E-state index is -0.305. The first-order valence-electron chi connectivity index (χ1n) is 8.78. The van der Waals surface area contributed by atoms with E-state index in [-0.39, 0.29) is 5.91 Å². The molecule has 138 valence electrons. The Morgan fingerprint density at radius 1 is 1.14 bits per heavy atom. The minimum Gasteiger partial charge on any atom is -0.357 e. The molecular weight excluding hydrogens is 352 g/mol. The molecule has 2 N–H and O–H groups in total. The molecule has 4 rings (SSSR count). The van der Waals surface area contributed by atoms with Crippen molar-refractivity contribution in [3.63, 3.8) is 0 Å². The lowest BCUT2D eigenvalue weighted by molar-refractivity contribution is 0.0951. The van der Waals surface area contributed by atoms with Crippen molar-refractivity contribution in [2.75, 3.05) is 0 Å². The van der Waals surface area contributed by atoms with E-state index in [1.807, 2.05) is 41.2 Å². The van der Waals surface area contributed by atoms with Crippen LogP contribution in [0.25, 0.3) is 11.3 Å². The van der Waals surface area contributed by atoms with Gasteiger partial charge in [-0.25, -0.2) is 5.43 Å². The molecule has 0 spiro atoms. The van der Waals surface area contributed by atoms with E-state index in [1.54, 1.807) is 36.9 Å². The molecule has 0 aliphatic rings. The molecule has 7 nitrogen and oxygen atoms in total. The number of hydrazone groups is 1. The molecule has 0 saturated carbocycles. The lowest BCUT2D eigenvalue weighted by atomic mass is 10.1. The monoisotopic (exact) mass is 370 g/mol. The smallest absolute Gasteiger partial charge is 0.287 e. The van der Waals surface area contributed by atoms with Crippen molar-refractivity contribution in [1.82, 2.24) is 25.2 Å². The van der Waals surface area contributed by atoms with Crippen LogP contribution in [-0.4, -0.2) is 31.9 Å². The van der Waals surface area contributed by atoms with Crippen molar-refractivity contribution in [2.45, 2.75) is 6.54 Å². The topological polar surface area (TPSA) is 88.0 Å². The summed E-state index contributed by atoms with van der Waals surface area (Å²) in [6, 6.07) is 17.3. The van der Waals surface area contributed by atoms with E-state index in [1.165, 1.54) is 0 Å². The number of H-pyrrole nitrogens is 1. The molecule has 3 aromatic heterocycles. The number of aromatic amines is 1. The lowest BCUT2D eigenvalue weighted by Crippen LogP contribution is -2.17. The molecule has 0 radical (unpaired) electrons. The van der Waals surface area contributed by atoms with E-state index in [4.69, 9.17) is 0 Å². The summed E-state index contributed by atoms with van der Waals surface area (Å²) < 4.78 is 1.85. The molecule has 0 aliphatic carbocycles. The number of nitrogens with zero attached hydrogens (tertiary/aromatic N) is 4. The van der Waals surface area contributed by atoms with Crippen LogP contribution in [0, 0.1) is 0 Å². The molecule has 4 aromatic rings. The summed E-state index contributed by atoms with van der Waals surface area (Å²) >= 11 is 0. The van der Waals surface area contributed by atoms with Crippen molar-refractivity contribution in [3.05, 3.63) is 96.2 Å². The molecule has 0 fully saturated rings. The lowest BCUT2D eigenvalue weighted by Gasteiger charge is -2.01. The van der Waals surface area contributed by atoms with Gasteiger partial charge in [0.1, 0.15) is 11.4 Å². The highest BCUT2D eigenvalue weighted by Crippen LogP contribution is 2.20. The van der Waals surface area contributed by atoms with Gasteiger partial charge in [-0.1, -0.05) is 30.3 Å². The number of aromatic nitrogens is 4. The van der Waals surface area contributed by atoms with Gasteiger partial charge in [0.25, 0.3) is 5.91 Å². The zero-order valence-corrected chi connectivity index (χ0v) is 15.0. The Hall–Kier alpha value is -4.00. The van der Waals surface area contributed by atoms with Gasteiger partial charge in [0.15, 0.2) is 0 Å². The maximum absolute atomic E-state index is 12.0. The summed E-state index contributed by atoms with van der Waals surface area (Å²) in [6.45, 7) is 0.636. The van der Waals surface area contributed by atoms with Crippen LogP contribution in [0.5, 0.6) is 0 Å². The molecule has 0 atom stereocenters. The minimum absolute atomic E-state index is 0.305. The number of amides is 1. The molecule has 28 heavy (non-hydrogen) atoms. The second kappa shape index (κ2) is 8.13. The number of hydrogen-bond donors (Lipinski definition) is 2. The van der Waals surface area contributed by atoms with Crippen molar-refractivity contribution < 1.29 is 4.79 Å². The first-order valence-corrected chi connectivity index (χ1v) is 8.78. The van der Waals surface area contributed by atoms with Crippen LogP contribution < -0.4 is 5.43 Å². The van der Waals surface area contributed by atoms with Gasteiger partial charge in [-0.3, -0.25) is 14.5 Å². The van der Waals surface area contributed by atoms with Crippen LogP contribution in [0.1, 0.15) is 21.6 Å². The van der Waals surface area contributed by atoms with Crippen molar-refractivity contribution in [2.24, 2.45) is 5.10 Å². The Morgan fingerprint density at radius 3 is 2.79 bits per heavy atom. The Kier molecular flexibility index (Phi) is 5.06. The van der Waals surface area contributed by atoms with Gasteiger partial charge in [-0.05, 0) is 29.8 Å². The number of carbonyl (C=O) groups excluding carboxylic acids is 1. The maximum Gasteiger partial charge on any atom is 0.287 e. The Labute approximate surface area is 161 Å². The normalized spacial score (nSPS) is 11.0. The predicted octanol–water partition coefficient (Wildman–Crippen LogP) is 3.09. The first kappa shape index (κ1) is 17.4. The van der Waals surface area contributed by atoms with Crippen molar-refractivity contribution in [3.8, 4) is 11.3 Å². The molecule has 0 aliphatic heterocycles. The zero-order valence-electron chi connectivity index (χ0n) is 15.0. The highest BCUT2D eigenvalue weighted by atomic mass is 16.2. The van der Waals surface area contributed by atoms with Gasteiger partial charge in [0.05, 0.1) is 12.8 Å². The predicted molar refractivity (Wildman–Crippen MR) is 107 cm³/mol. The molecule has 0 bridgehead atoms. The largest absolute Gasteiger partial charge is 0.357 e. The molecule has 1 aromatic carbocycles. The summed E-state index contributed by atoms with van der Waals surface area (Å²) in [5.74, 6) is -0.305. The van der Waals surface area contributed by atoms with E-state index in [0.717, 1.165) is 22.4 Å². The summed E-state index contributed by atoms with van der Waals surface area (Å²) in [7, 11) is 0. The average molecular weight is 370 g/mol. The van der Waals surface area contributed by atoms with Crippen LogP contribution >= 0.6 is 0 Å². The Balaban J connectivity index is 1.59. The molecule has 0 saturated heterocycles. The van der Waals surface area contributed by atoms with Crippen molar-refractivity contribution in [1.29, 1.82) is 0 Å². The van der Waals surface area contributed by atoms with E-state index in [2.05, 4.69) is 37.7 Å². The molecule has 1 amide bonds. The number of nitrogens with one attached hydrogen (secondary N) is 2. The van der Waals surface area contributed by atoms with E-state index in [9.17, 15) is 4.79 Å². The fourth-order valence-corrected chi connectivity index (χ4v) is 2.80. The second-order valence-electron chi connectivity index (χ2n) is 6.14. The van der Waals surface area contributed by atoms with Gasteiger partial charge in [0.2, 0.25) is 0 Å². The number of carbonyl (C=O) groups is 1. The summed E-state index contributed by atoms with van der Waals surface area (Å²) in [5, 5.41) is 8.78. The van der Waals surface area contributed by atoms with Gasteiger partial charge in [-0.2, -0.15) is 10.2 Å². The zero-order chi connectivity index (χ0) is 19.2. The van der Waals surface area contributed by atoms with Gasteiger partial charge in [0, 0.05) is 35.9 Å². The fourth-order valence-electron chi connectivity index (χ4n) is 2.80. The van der Waals surface area contributed by atoms with E-state index < -0.39 is 0 Å². The van der Waals surface area contributed by atoms with Gasteiger partial charge >= 0.3 is 0 Å². The van der Waals surface area contributed by atoms with Gasteiger partial charge in [-0.15, -0.1) is 0 Å². The molecule has 7 heteroatoms. The first-order chi connectivity index (χ1) is 13.8. The Morgan fingerprint density at radius 2 is 2.04 bits per heavy atom. The van der Waals surface area contributed by atoms with Crippen LogP contribution in [0.15, 0.2) is 84.5 Å². The van der Waals surface area contributed by atoms with Gasteiger partial charge < -0.3 is 4.98 Å². The van der Waals surface area contributed by atoms with Crippen LogP contribution in [-0.2, 0) is 6.54 Å². The molecular formula is C21H18N6O. The Bertz CT molecular complexity index is 1070. The third kappa shape index (κ3) is 4.04. The molecule has 3 heterocycles. The fraction of sp³-hybridized carbons (Fsp3) is 0.0476. The van der Waals surface area contributed by atoms with Crippen LogP contribution in [0.3, 0.4) is 0 Å². The third-order valence-corrected chi connectivity index (χ3v) is 4.12. The summed E-state index contributed by atoms with van der Waals surface area (Å²) in [6.07, 6.45) is 8.66.